The lowest BCUT2D eigenvalue weighted by Gasteiger charge is -2.24. The summed E-state index contributed by atoms with van der Waals surface area (Å²) in [6.07, 6.45) is 3.73. The number of benzene rings is 2. The maximum absolute atomic E-state index is 13.8. The molecule has 0 saturated carbocycles. The summed E-state index contributed by atoms with van der Waals surface area (Å²) in [6, 6.07) is 10.1. The number of aromatic nitrogens is 1. The number of fused-ring (bicyclic) bond motifs is 1. The monoisotopic (exact) mass is 593 g/mol. The molecule has 1 fully saturated rings. The van der Waals surface area contributed by atoms with Gasteiger partial charge in [-0.15, -0.1) is 0 Å². The Kier molecular flexibility index (Phi) is 8.86. The second-order valence-corrected chi connectivity index (χ2v) is 10.9. The number of esters is 1. The van der Waals surface area contributed by atoms with Crippen molar-refractivity contribution in [1.82, 2.24) is 9.47 Å². The SMILES string of the molecule is CCOC(=O)C1=C(C)N=c2s/c(=C/c3ccc(OCC(=O)N4CCCC4)c(OCC)c3)c(=O)n2[C@H]1c1ccc(F)cc1. The lowest BCUT2D eigenvalue weighted by atomic mass is 9.96. The third-order valence-corrected chi connectivity index (χ3v) is 8.06. The van der Waals surface area contributed by atoms with Gasteiger partial charge in [-0.05, 0) is 75.1 Å². The van der Waals surface area contributed by atoms with Crippen LogP contribution in [0.15, 0.2) is 63.5 Å². The quantitative estimate of drug-likeness (QED) is 0.353. The lowest BCUT2D eigenvalue weighted by Crippen LogP contribution is -2.39. The molecule has 0 N–H and O–H groups in total. The summed E-state index contributed by atoms with van der Waals surface area (Å²) >= 11 is 1.19. The zero-order valence-electron chi connectivity index (χ0n) is 23.7. The molecule has 3 heterocycles. The van der Waals surface area contributed by atoms with Gasteiger partial charge in [0.05, 0.1) is 35.1 Å². The van der Waals surface area contributed by atoms with Gasteiger partial charge >= 0.3 is 5.97 Å². The van der Waals surface area contributed by atoms with E-state index in [0.717, 1.165) is 25.9 Å². The van der Waals surface area contributed by atoms with Gasteiger partial charge in [0.1, 0.15) is 5.82 Å². The molecule has 2 aliphatic rings. The number of nitrogens with zero attached hydrogens (tertiary/aromatic N) is 3. The summed E-state index contributed by atoms with van der Waals surface area (Å²) in [7, 11) is 0. The Balaban J connectivity index is 1.52. The van der Waals surface area contributed by atoms with Crippen LogP contribution in [0.3, 0.4) is 0 Å². The Morgan fingerprint density at radius 3 is 2.48 bits per heavy atom. The Hall–Kier alpha value is -4.25. The van der Waals surface area contributed by atoms with Crippen LogP contribution in [0.2, 0.25) is 0 Å². The van der Waals surface area contributed by atoms with E-state index in [-0.39, 0.29) is 30.3 Å². The molecular formula is C31H32FN3O6S. The lowest BCUT2D eigenvalue weighted by molar-refractivity contribution is -0.139. The molecule has 1 atom stereocenters. The smallest absolute Gasteiger partial charge is 0.338 e. The molecule has 2 aromatic carbocycles. The molecule has 5 rings (SSSR count). The number of rotatable bonds is 9. The minimum atomic E-state index is -0.828. The van der Waals surface area contributed by atoms with Crippen LogP contribution < -0.4 is 24.4 Å². The number of hydrogen-bond acceptors (Lipinski definition) is 8. The van der Waals surface area contributed by atoms with Crippen molar-refractivity contribution in [3.05, 3.63) is 90.4 Å². The molecule has 1 saturated heterocycles. The summed E-state index contributed by atoms with van der Waals surface area (Å²) in [5, 5.41) is 0. The van der Waals surface area contributed by atoms with Crippen LogP contribution in [0.25, 0.3) is 6.08 Å². The average molecular weight is 594 g/mol. The summed E-state index contributed by atoms with van der Waals surface area (Å²) in [4.78, 5) is 46.0. The largest absolute Gasteiger partial charge is 0.490 e. The second kappa shape index (κ2) is 12.7. The van der Waals surface area contributed by atoms with Crippen molar-refractivity contribution in [2.75, 3.05) is 32.9 Å². The molecule has 0 spiro atoms. The number of likely N-dealkylation sites (tertiary alicyclic amines) is 1. The molecule has 2 aliphatic heterocycles. The van der Waals surface area contributed by atoms with E-state index in [0.29, 0.717) is 44.3 Å². The summed E-state index contributed by atoms with van der Waals surface area (Å²) in [6.45, 7) is 7.21. The predicted octanol–water partition coefficient (Wildman–Crippen LogP) is 3.34. The molecule has 3 aromatic rings. The molecule has 0 unspecified atom stereocenters. The van der Waals surface area contributed by atoms with Crippen molar-refractivity contribution in [3.8, 4) is 11.5 Å². The molecule has 1 aromatic heterocycles. The number of carbonyl (C=O) groups is 2. The number of hydrogen-bond donors (Lipinski definition) is 0. The van der Waals surface area contributed by atoms with E-state index in [1.54, 1.807) is 55.2 Å². The Morgan fingerprint density at radius 2 is 1.79 bits per heavy atom. The number of carbonyl (C=O) groups excluding carboxylic acids is 2. The van der Waals surface area contributed by atoms with Crippen LogP contribution in [-0.4, -0.2) is 54.3 Å². The molecule has 1 amide bonds. The topological polar surface area (TPSA) is 99.4 Å². The van der Waals surface area contributed by atoms with Crippen molar-refractivity contribution in [3.63, 3.8) is 0 Å². The normalized spacial score (nSPS) is 16.7. The van der Waals surface area contributed by atoms with E-state index in [2.05, 4.69) is 4.99 Å². The minimum absolute atomic E-state index is 0.0617. The van der Waals surface area contributed by atoms with E-state index in [4.69, 9.17) is 14.2 Å². The Bertz CT molecular complexity index is 1700. The van der Waals surface area contributed by atoms with Crippen molar-refractivity contribution in [2.24, 2.45) is 4.99 Å². The van der Waals surface area contributed by atoms with E-state index < -0.39 is 17.8 Å². The fourth-order valence-corrected chi connectivity index (χ4v) is 6.15. The van der Waals surface area contributed by atoms with Crippen LogP contribution in [-0.2, 0) is 14.3 Å². The molecular weight excluding hydrogens is 561 g/mol. The molecule has 42 heavy (non-hydrogen) atoms. The first-order valence-electron chi connectivity index (χ1n) is 13.9. The van der Waals surface area contributed by atoms with Crippen LogP contribution in [0.1, 0.15) is 50.8 Å². The van der Waals surface area contributed by atoms with Gasteiger partial charge in [-0.1, -0.05) is 29.5 Å². The zero-order valence-corrected chi connectivity index (χ0v) is 24.5. The fourth-order valence-electron chi connectivity index (χ4n) is 5.10. The average Bonchev–Trinajstić information content (AvgIpc) is 3.61. The standard InChI is InChI=1S/C31H32FN3O6S/c1-4-39-24-16-20(8-13-23(24)41-18-26(36)34-14-6-7-15-34)17-25-29(37)35-28(21-9-11-22(32)12-10-21)27(30(38)40-5-2)19(3)33-31(35)42-25/h8-13,16-17,28H,4-7,14-15,18H2,1-3H3/b25-17+/t28-/m0/s1. The highest BCUT2D eigenvalue weighted by atomic mass is 32.1. The Labute approximate surface area is 246 Å². The molecule has 9 nitrogen and oxygen atoms in total. The third kappa shape index (κ3) is 6.01. The van der Waals surface area contributed by atoms with Gasteiger partial charge in [-0.3, -0.25) is 14.2 Å². The first kappa shape index (κ1) is 29.2. The van der Waals surface area contributed by atoms with Crippen LogP contribution in [0.5, 0.6) is 11.5 Å². The van der Waals surface area contributed by atoms with E-state index in [1.807, 2.05) is 6.92 Å². The highest BCUT2D eigenvalue weighted by Gasteiger charge is 2.33. The number of amides is 1. The fraction of sp³-hybridized carbons (Fsp3) is 0.355. The van der Waals surface area contributed by atoms with E-state index in [1.165, 1.54) is 28.0 Å². The second-order valence-electron chi connectivity index (χ2n) is 9.87. The number of halogens is 1. The summed E-state index contributed by atoms with van der Waals surface area (Å²) < 4.78 is 32.5. The van der Waals surface area contributed by atoms with Gasteiger partial charge < -0.3 is 19.1 Å². The molecule has 0 radical (unpaired) electrons. The predicted molar refractivity (Wildman–Crippen MR) is 156 cm³/mol. The molecule has 0 aliphatic carbocycles. The first-order chi connectivity index (χ1) is 20.3. The van der Waals surface area contributed by atoms with Gasteiger partial charge in [-0.25, -0.2) is 14.2 Å². The molecule has 220 valence electrons. The van der Waals surface area contributed by atoms with E-state index >= 15 is 0 Å². The third-order valence-electron chi connectivity index (χ3n) is 7.08. The van der Waals surface area contributed by atoms with Crippen molar-refractivity contribution in [2.45, 2.75) is 39.7 Å². The van der Waals surface area contributed by atoms with Crippen molar-refractivity contribution in [1.29, 1.82) is 0 Å². The maximum atomic E-state index is 13.8. The van der Waals surface area contributed by atoms with Crippen molar-refractivity contribution >= 4 is 29.3 Å². The molecule has 11 heteroatoms. The van der Waals surface area contributed by atoms with Gasteiger partial charge in [0, 0.05) is 13.1 Å². The molecule has 0 bridgehead atoms. The van der Waals surface area contributed by atoms with Gasteiger partial charge in [0.2, 0.25) is 0 Å². The van der Waals surface area contributed by atoms with Gasteiger partial charge in [-0.2, -0.15) is 0 Å². The maximum Gasteiger partial charge on any atom is 0.338 e. The Morgan fingerprint density at radius 1 is 1.05 bits per heavy atom. The van der Waals surface area contributed by atoms with Crippen LogP contribution >= 0.6 is 11.3 Å². The number of allylic oxidation sites excluding steroid dienone is 1. The van der Waals surface area contributed by atoms with Gasteiger partial charge in [0.25, 0.3) is 11.5 Å². The highest BCUT2D eigenvalue weighted by molar-refractivity contribution is 7.07. The van der Waals surface area contributed by atoms with E-state index in [9.17, 15) is 18.8 Å². The van der Waals surface area contributed by atoms with Crippen LogP contribution in [0.4, 0.5) is 4.39 Å². The number of thiazole rings is 1. The zero-order chi connectivity index (χ0) is 29.8. The minimum Gasteiger partial charge on any atom is -0.490 e. The highest BCUT2D eigenvalue weighted by Crippen LogP contribution is 2.31. The summed E-state index contributed by atoms with van der Waals surface area (Å²) in [5.41, 5.74) is 1.55. The number of ether oxygens (including phenoxy) is 3. The van der Waals surface area contributed by atoms with Crippen molar-refractivity contribution < 1.29 is 28.2 Å². The van der Waals surface area contributed by atoms with Crippen LogP contribution in [0, 0.1) is 5.82 Å². The summed E-state index contributed by atoms with van der Waals surface area (Å²) in [5.74, 6) is -0.176. The van der Waals surface area contributed by atoms with Gasteiger partial charge in [0.15, 0.2) is 22.9 Å². The first-order valence-corrected chi connectivity index (χ1v) is 14.7.